The standard InChI is InChI=1S/C21H20N4O2/c1-26-17-8-3-15(4-9-17)5-12-20-23-21-22-14-13-19(25(21)24-20)16-6-10-18(27-2)11-7-16/h3-4,6-11,13-14H,5,12H2,1-2H3. The number of aromatic nitrogens is 4. The van der Waals surface area contributed by atoms with E-state index in [-0.39, 0.29) is 0 Å². The zero-order chi connectivity index (χ0) is 18.6. The number of methoxy groups -OCH3 is 2. The Balaban J connectivity index is 1.58. The van der Waals surface area contributed by atoms with E-state index < -0.39 is 0 Å². The van der Waals surface area contributed by atoms with Gasteiger partial charge in [0, 0.05) is 18.2 Å². The van der Waals surface area contributed by atoms with Gasteiger partial charge < -0.3 is 9.47 Å². The van der Waals surface area contributed by atoms with Gasteiger partial charge >= 0.3 is 0 Å². The molecule has 2 aromatic heterocycles. The number of aryl methyl sites for hydroxylation is 2. The summed E-state index contributed by atoms with van der Waals surface area (Å²) >= 11 is 0. The van der Waals surface area contributed by atoms with Crippen molar-refractivity contribution in [2.75, 3.05) is 14.2 Å². The van der Waals surface area contributed by atoms with Crippen LogP contribution in [0.2, 0.25) is 0 Å². The van der Waals surface area contributed by atoms with Gasteiger partial charge in [0.15, 0.2) is 5.82 Å². The molecule has 0 saturated heterocycles. The summed E-state index contributed by atoms with van der Waals surface area (Å²) < 4.78 is 12.2. The molecule has 0 N–H and O–H groups in total. The molecular weight excluding hydrogens is 340 g/mol. The van der Waals surface area contributed by atoms with E-state index in [4.69, 9.17) is 9.47 Å². The second-order valence-electron chi connectivity index (χ2n) is 6.15. The topological polar surface area (TPSA) is 61.5 Å². The lowest BCUT2D eigenvalue weighted by molar-refractivity contribution is 0.414. The van der Waals surface area contributed by atoms with Gasteiger partial charge in [-0.15, -0.1) is 5.10 Å². The molecule has 0 bridgehead atoms. The number of hydrogen-bond acceptors (Lipinski definition) is 5. The number of fused-ring (bicyclic) bond motifs is 1. The second kappa shape index (κ2) is 7.45. The van der Waals surface area contributed by atoms with Crippen LogP contribution in [0, 0.1) is 0 Å². The van der Waals surface area contributed by atoms with Crippen LogP contribution < -0.4 is 9.47 Å². The summed E-state index contributed by atoms with van der Waals surface area (Å²) in [5.41, 5.74) is 3.21. The summed E-state index contributed by atoms with van der Waals surface area (Å²) in [6.07, 6.45) is 3.37. The van der Waals surface area contributed by atoms with E-state index in [2.05, 4.69) is 27.2 Å². The number of benzene rings is 2. The summed E-state index contributed by atoms with van der Waals surface area (Å²) in [5.74, 6) is 3.06. The van der Waals surface area contributed by atoms with Crippen LogP contribution in [0.3, 0.4) is 0 Å². The fourth-order valence-electron chi connectivity index (χ4n) is 2.97. The molecule has 0 saturated carbocycles. The minimum absolute atomic E-state index is 0.605. The maximum Gasteiger partial charge on any atom is 0.252 e. The molecule has 6 heteroatoms. The average Bonchev–Trinajstić information content (AvgIpc) is 3.16. The molecule has 0 radical (unpaired) electrons. The lowest BCUT2D eigenvalue weighted by Gasteiger charge is -2.05. The Morgan fingerprint density at radius 3 is 2.15 bits per heavy atom. The Hall–Kier alpha value is -3.41. The molecule has 0 unspecified atom stereocenters. The molecule has 2 aromatic carbocycles. The molecule has 0 aliphatic carbocycles. The highest BCUT2D eigenvalue weighted by molar-refractivity contribution is 5.62. The number of hydrogen-bond donors (Lipinski definition) is 0. The summed E-state index contributed by atoms with van der Waals surface area (Å²) in [7, 11) is 3.33. The second-order valence-corrected chi connectivity index (χ2v) is 6.15. The van der Waals surface area contributed by atoms with Crippen molar-refractivity contribution < 1.29 is 9.47 Å². The third-order valence-electron chi connectivity index (χ3n) is 4.47. The Morgan fingerprint density at radius 2 is 1.48 bits per heavy atom. The van der Waals surface area contributed by atoms with Crippen LogP contribution in [0.5, 0.6) is 11.5 Å². The number of rotatable bonds is 6. The maximum absolute atomic E-state index is 5.23. The van der Waals surface area contributed by atoms with E-state index in [9.17, 15) is 0 Å². The lowest BCUT2D eigenvalue weighted by Crippen LogP contribution is -1.97. The van der Waals surface area contributed by atoms with Crippen molar-refractivity contribution in [2.45, 2.75) is 12.8 Å². The molecule has 0 fully saturated rings. The number of ether oxygens (including phenoxy) is 2. The predicted molar refractivity (Wildman–Crippen MR) is 103 cm³/mol. The Bertz CT molecular complexity index is 1040. The van der Waals surface area contributed by atoms with Crippen LogP contribution in [0.15, 0.2) is 60.8 Å². The van der Waals surface area contributed by atoms with Crippen molar-refractivity contribution >= 4 is 5.78 Å². The molecule has 0 spiro atoms. The summed E-state index contributed by atoms with van der Waals surface area (Å²) in [6, 6.07) is 17.9. The molecular formula is C21H20N4O2. The minimum Gasteiger partial charge on any atom is -0.497 e. The van der Waals surface area contributed by atoms with Crippen LogP contribution in [0.4, 0.5) is 0 Å². The van der Waals surface area contributed by atoms with E-state index in [1.807, 2.05) is 42.5 Å². The normalized spacial score (nSPS) is 10.9. The molecule has 136 valence electrons. The molecule has 0 aliphatic rings. The highest BCUT2D eigenvalue weighted by Gasteiger charge is 2.10. The Morgan fingerprint density at radius 1 is 0.815 bits per heavy atom. The quantitative estimate of drug-likeness (QED) is 0.526. The van der Waals surface area contributed by atoms with Crippen molar-refractivity contribution in [1.82, 2.24) is 19.6 Å². The monoisotopic (exact) mass is 360 g/mol. The fraction of sp³-hybridized carbons (Fsp3) is 0.190. The molecule has 4 rings (SSSR count). The van der Waals surface area contributed by atoms with Crippen molar-refractivity contribution in [1.29, 1.82) is 0 Å². The van der Waals surface area contributed by atoms with E-state index in [0.717, 1.165) is 41.4 Å². The van der Waals surface area contributed by atoms with Crippen LogP contribution in [-0.4, -0.2) is 33.8 Å². The van der Waals surface area contributed by atoms with Gasteiger partial charge in [-0.1, -0.05) is 12.1 Å². The van der Waals surface area contributed by atoms with Gasteiger partial charge in [0.05, 0.1) is 19.9 Å². The van der Waals surface area contributed by atoms with E-state index in [0.29, 0.717) is 5.78 Å². The van der Waals surface area contributed by atoms with Gasteiger partial charge in [0.2, 0.25) is 0 Å². The van der Waals surface area contributed by atoms with E-state index in [1.54, 1.807) is 24.9 Å². The predicted octanol–water partition coefficient (Wildman–Crippen LogP) is 3.59. The fourth-order valence-corrected chi connectivity index (χ4v) is 2.97. The van der Waals surface area contributed by atoms with Gasteiger partial charge in [-0.05, 0) is 54.4 Å². The van der Waals surface area contributed by atoms with Gasteiger partial charge in [0.25, 0.3) is 5.78 Å². The van der Waals surface area contributed by atoms with Crippen LogP contribution in [-0.2, 0) is 12.8 Å². The van der Waals surface area contributed by atoms with Crippen molar-refractivity contribution in [3.05, 3.63) is 72.2 Å². The largest absolute Gasteiger partial charge is 0.497 e. The highest BCUT2D eigenvalue weighted by Crippen LogP contribution is 2.22. The molecule has 2 heterocycles. The van der Waals surface area contributed by atoms with Crippen LogP contribution >= 0.6 is 0 Å². The van der Waals surface area contributed by atoms with Crippen LogP contribution in [0.25, 0.3) is 17.0 Å². The van der Waals surface area contributed by atoms with Gasteiger partial charge in [-0.25, -0.2) is 4.98 Å². The molecule has 0 amide bonds. The van der Waals surface area contributed by atoms with Crippen molar-refractivity contribution in [2.24, 2.45) is 0 Å². The molecule has 4 aromatic rings. The zero-order valence-electron chi connectivity index (χ0n) is 15.3. The molecule has 27 heavy (non-hydrogen) atoms. The van der Waals surface area contributed by atoms with E-state index in [1.165, 1.54) is 5.56 Å². The minimum atomic E-state index is 0.605. The van der Waals surface area contributed by atoms with Crippen LogP contribution in [0.1, 0.15) is 11.4 Å². The summed E-state index contributed by atoms with van der Waals surface area (Å²) in [6.45, 7) is 0. The maximum atomic E-state index is 5.23. The first-order valence-electron chi connectivity index (χ1n) is 8.75. The molecule has 0 atom stereocenters. The van der Waals surface area contributed by atoms with Gasteiger partial charge in [0.1, 0.15) is 11.5 Å². The Kier molecular flexibility index (Phi) is 4.70. The Labute approximate surface area is 157 Å². The summed E-state index contributed by atoms with van der Waals surface area (Å²) in [4.78, 5) is 8.92. The van der Waals surface area contributed by atoms with Gasteiger partial charge in [-0.3, -0.25) is 0 Å². The average molecular weight is 360 g/mol. The van der Waals surface area contributed by atoms with E-state index >= 15 is 0 Å². The molecule has 6 nitrogen and oxygen atoms in total. The first-order chi connectivity index (χ1) is 13.3. The smallest absolute Gasteiger partial charge is 0.252 e. The first-order valence-corrected chi connectivity index (χ1v) is 8.75. The zero-order valence-corrected chi connectivity index (χ0v) is 15.3. The molecule has 0 aliphatic heterocycles. The lowest BCUT2D eigenvalue weighted by atomic mass is 10.1. The third-order valence-corrected chi connectivity index (χ3v) is 4.47. The summed E-state index contributed by atoms with van der Waals surface area (Å²) in [5, 5.41) is 4.67. The first kappa shape index (κ1) is 17.0. The van der Waals surface area contributed by atoms with Crippen molar-refractivity contribution in [3.8, 4) is 22.8 Å². The highest BCUT2D eigenvalue weighted by atomic mass is 16.5. The third kappa shape index (κ3) is 3.60. The van der Waals surface area contributed by atoms with Gasteiger partial charge in [-0.2, -0.15) is 9.50 Å². The number of nitrogens with zero attached hydrogens (tertiary/aromatic N) is 4. The van der Waals surface area contributed by atoms with Crippen molar-refractivity contribution in [3.63, 3.8) is 0 Å². The SMILES string of the molecule is COc1ccc(CCc2nc3nccc(-c4ccc(OC)cc4)n3n2)cc1.